The molecule has 0 spiro atoms. The Bertz CT molecular complexity index is 875. The van der Waals surface area contributed by atoms with Gasteiger partial charge in [0.05, 0.1) is 11.4 Å². The number of hydrogen-bond donors (Lipinski definition) is 1. The van der Waals surface area contributed by atoms with Crippen LogP contribution in [0.4, 0.5) is 0 Å². The molecule has 0 aliphatic carbocycles. The Morgan fingerprint density at radius 1 is 1.12 bits per heavy atom. The lowest BCUT2D eigenvalue weighted by atomic mass is 10.1. The topological polar surface area (TPSA) is 63.3 Å². The predicted octanol–water partition coefficient (Wildman–Crippen LogP) is 5.33. The zero-order valence-corrected chi connectivity index (χ0v) is 14.0. The van der Waals surface area contributed by atoms with Gasteiger partial charge in [0.1, 0.15) is 5.69 Å². The molecule has 0 atom stereocenters. The van der Waals surface area contributed by atoms with Gasteiger partial charge in [-0.05, 0) is 18.2 Å². The van der Waals surface area contributed by atoms with E-state index in [0.717, 1.165) is 5.56 Å². The summed E-state index contributed by atoms with van der Waals surface area (Å²) in [6, 6.07) is 14.6. The lowest BCUT2D eigenvalue weighted by Gasteiger charge is -2.04. The van der Waals surface area contributed by atoms with Gasteiger partial charge in [-0.1, -0.05) is 53.5 Å². The summed E-state index contributed by atoms with van der Waals surface area (Å²) in [5.41, 5.74) is 2.10. The van der Waals surface area contributed by atoms with Gasteiger partial charge in [-0.2, -0.15) is 0 Å². The molecule has 0 saturated carbocycles. The minimum absolute atomic E-state index is 0.0530. The lowest BCUT2D eigenvalue weighted by molar-refractivity contribution is -0.137. The average Bonchev–Trinajstić information content (AvgIpc) is 2.98. The Labute approximate surface area is 148 Å². The van der Waals surface area contributed by atoms with Gasteiger partial charge in [-0.15, -0.1) is 0 Å². The SMILES string of the molecule is O=C(O)CCc1nc(-c2ccc(Cl)cc2Cl)c(-c2ccccc2)o1. The molecule has 0 saturated heterocycles. The molecule has 4 nitrogen and oxygen atoms in total. The monoisotopic (exact) mass is 361 g/mol. The van der Waals surface area contributed by atoms with Crippen LogP contribution in [0, 0.1) is 0 Å². The second kappa shape index (κ2) is 7.07. The molecule has 1 N–H and O–H groups in total. The zero-order valence-electron chi connectivity index (χ0n) is 12.5. The smallest absolute Gasteiger partial charge is 0.303 e. The van der Waals surface area contributed by atoms with Crippen LogP contribution in [-0.4, -0.2) is 16.1 Å². The molecule has 0 bridgehead atoms. The highest BCUT2D eigenvalue weighted by Gasteiger charge is 2.19. The van der Waals surface area contributed by atoms with E-state index in [1.165, 1.54) is 0 Å². The fourth-order valence-corrected chi connectivity index (χ4v) is 2.83. The van der Waals surface area contributed by atoms with E-state index in [9.17, 15) is 4.79 Å². The first kappa shape index (κ1) is 16.6. The summed E-state index contributed by atoms with van der Waals surface area (Å²) >= 11 is 12.3. The normalized spacial score (nSPS) is 10.8. The van der Waals surface area contributed by atoms with E-state index in [-0.39, 0.29) is 12.8 Å². The van der Waals surface area contributed by atoms with E-state index >= 15 is 0 Å². The van der Waals surface area contributed by atoms with Gasteiger partial charge in [-0.3, -0.25) is 4.79 Å². The minimum atomic E-state index is -0.902. The second-order valence-corrected chi connectivity index (χ2v) is 6.01. The number of benzene rings is 2. The van der Waals surface area contributed by atoms with Crippen LogP contribution in [0.2, 0.25) is 10.0 Å². The number of halogens is 2. The first-order valence-corrected chi connectivity index (χ1v) is 8.02. The number of rotatable bonds is 5. The maximum atomic E-state index is 10.8. The Balaban J connectivity index is 2.10. The van der Waals surface area contributed by atoms with Gasteiger partial charge in [0.2, 0.25) is 0 Å². The number of hydrogen-bond acceptors (Lipinski definition) is 3. The van der Waals surface area contributed by atoms with Crippen LogP contribution in [0.5, 0.6) is 0 Å². The maximum Gasteiger partial charge on any atom is 0.303 e. The summed E-state index contributed by atoms with van der Waals surface area (Å²) in [7, 11) is 0. The van der Waals surface area contributed by atoms with E-state index in [1.54, 1.807) is 18.2 Å². The van der Waals surface area contributed by atoms with Crippen LogP contribution < -0.4 is 0 Å². The molecule has 0 aliphatic heterocycles. The molecule has 2 aromatic carbocycles. The van der Waals surface area contributed by atoms with Crippen molar-refractivity contribution >= 4 is 29.2 Å². The molecule has 0 radical (unpaired) electrons. The molecule has 1 heterocycles. The number of aromatic nitrogens is 1. The third kappa shape index (κ3) is 3.61. The van der Waals surface area contributed by atoms with Crippen molar-refractivity contribution < 1.29 is 14.3 Å². The summed E-state index contributed by atoms with van der Waals surface area (Å²) in [5.74, 6) is 0.0121. The molecule has 6 heteroatoms. The van der Waals surface area contributed by atoms with Crippen molar-refractivity contribution in [1.82, 2.24) is 4.98 Å². The summed E-state index contributed by atoms with van der Waals surface area (Å²) in [6.07, 6.45) is 0.156. The van der Waals surface area contributed by atoms with Crippen molar-refractivity contribution in [3.05, 3.63) is 64.5 Å². The van der Waals surface area contributed by atoms with E-state index in [2.05, 4.69) is 4.98 Å². The Hall–Kier alpha value is -2.30. The number of carboxylic acid groups (broad SMARTS) is 1. The first-order chi connectivity index (χ1) is 11.5. The van der Waals surface area contributed by atoms with Crippen LogP contribution >= 0.6 is 23.2 Å². The first-order valence-electron chi connectivity index (χ1n) is 7.27. The Morgan fingerprint density at radius 2 is 1.88 bits per heavy atom. The molecule has 0 unspecified atom stereocenters. The Morgan fingerprint density at radius 3 is 2.54 bits per heavy atom. The average molecular weight is 362 g/mol. The van der Waals surface area contributed by atoms with Crippen molar-refractivity contribution in [2.75, 3.05) is 0 Å². The number of aryl methyl sites for hydroxylation is 1. The lowest BCUT2D eigenvalue weighted by Crippen LogP contribution is -1.97. The summed E-state index contributed by atoms with van der Waals surface area (Å²) in [5, 5.41) is 9.84. The van der Waals surface area contributed by atoms with Crippen LogP contribution in [0.15, 0.2) is 52.9 Å². The molecule has 3 aromatic rings. The summed E-state index contributed by atoms with van der Waals surface area (Å²) < 4.78 is 5.82. The van der Waals surface area contributed by atoms with Crippen LogP contribution in [0.3, 0.4) is 0 Å². The summed E-state index contributed by atoms with van der Waals surface area (Å²) in [6.45, 7) is 0. The van der Waals surface area contributed by atoms with Gasteiger partial charge in [0.25, 0.3) is 0 Å². The van der Waals surface area contributed by atoms with Crippen molar-refractivity contribution in [1.29, 1.82) is 0 Å². The number of carbonyl (C=O) groups is 1. The third-order valence-corrected chi connectivity index (χ3v) is 3.99. The number of oxazole rings is 1. The van der Waals surface area contributed by atoms with Crippen LogP contribution in [0.1, 0.15) is 12.3 Å². The van der Waals surface area contributed by atoms with Crippen molar-refractivity contribution in [2.45, 2.75) is 12.8 Å². The van der Waals surface area contributed by atoms with E-state index in [0.29, 0.717) is 33.0 Å². The highest BCUT2D eigenvalue weighted by atomic mass is 35.5. The maximum absolute atomic E-state index is 10.8. The molecular weight excluding hydrogens is 349 g/mol. The standard InChI is InChI=1S/C18H13Cl2NO3/c19-12-6-7-13(14(20)10-12)17-18(11-4-2-1-3-5-11)24-15(21-17)8-9-16(22)23/h1-7,10H,8-9H2,(H,22,23). The molecular formula is C18H13Cl2NO3. The molecule has 0 fully saturated rings. The molecule has 0 aliphatic rings. The minimum Gasteiger partial charge on any atom is -0.481 e. The Kier molecular flexibility index (Phi) is 4.88. The van der Waals surface area contributed by atoms with Crippen molar-refractivity contribution in [3.8, 4) is 22.6 Å². The van der Waals surface area contributed by atoms with Crippen LogP contribution in [0.25, 0.3) is 22.6 Å². The molecule has 1 aromatic heterocycles. The largest absolute Gasteiger partial charge is 0.481 e. The van der Waals surface area contributed by atoms with Gasteiger partial charge in [0.15, 0.2) is 11.7 Å². The quantitative estimate of drug-likeness (QED) is 0.666. The molecule has 122 valence electrons. The van der Waals surface area contributed by atoms with E-state index in [1.807, 2.05) is 30.3 Å². The number of aliphatic carboxylic acids is 1. The molecule has 3 rings (SSSR count). The van der Waals surface area contributed by atoms with E-state index < -0.39 is 5.97 Å². The van der Waals surface area contributed by atoms with Gasteiger partial charge >= 0.3 is 5.97 Å². The summed E-state index contributed by atoms with van der Waals surface area (Å²) in [4.78, 5) is 15.3. The van der Waals surface area contributed by atoms with Gasteiger partial charge in [-0.25, -0.2) is 4.98 Å². The van der Waals surface area contributed by atoms with E-state index in [4.69, 9.17) is 32.7 Å². The van der Waals surface area contributed by atoms with Crippen molar-refractivity contribution in [2.24, 2.45) is 0 Å². The molecule has 0 amide bonds. The number of carboxylic acids is 1. The van der Waals surface area contributed by atoms with Crippen LogP contribution in [-0.2, 0) is 11.2 Å². The highest BCUT2D eigenvalue weighted by molar-refractivity contribution is 6.36. The van der Waals surface area contributed by atoms with Crippen molar-refractivity contribution in [3.63, 3.8) is 0 Å². The second-order valence-electron chi connectivity index (χ2n) is 5.17. The van der Waals surface area contributed by atoms with Gasteiger partial charge in [0, 0.05) is 22.6 Å². The molecule has 24 heavy (non-hydrogen) atoms. The zero-order chi connectivity index (χ0) is 17.1. The fraction of sp³-hybridized carbons (Fsp3) is 0.111. The third-order valence-electron chi connectivity index (χ3n) is 3.45. The highest BCUT2D eigenvalue weighted by Crippen LogP contribution is 2.37. The number of nitrogens with zero attached hydrogens (tertiary/aromatic N) is 1. The van der Waals surface area contributed by atoms with Gasteiger partial charge < -0.3 is 9.52 Å². The predicted molar refractivity (Wildman–Crippen MR) is 93.4 cm³/mol. The fourth-order valence-electron chi connectivity index (χ4n) is 2.33.